The van der Waals surface area contributed by atoms with Crippen LogP contribution in [0, 0.1) is 0 Å². The van der Waals surface area contributed by atoms with Crippen molar-refractivity contribution in [2.75, 3.05) is 19.6 Å². The van der Waals surface area contributed by atoms with Crippen molar-refractivity contribution in [1.82, 2.24) is 10.2 Å². The minimum absolute atomic E-state index is 0.0178. The van der Waals surface area contributed by atoms with Gasteiger partial charge in [-0.2, -0.15) is 0 Å². The largest absolute Gasteiger partial charge is 0.573 e. The Morgan fingerprint density at radius 2 is 1.79 bits per heavy atom. The molecule has 1 aromatic rings. The molecule has 1 aliphatic carbocycles. The Hall–Kier alpha value is -2.02. The number of carbonyl (C=O) groups is 1. The molecule has 0 radical (unpaired) electrons. The lowest BCUT2D eigenvalue weighted by Crippen LogP contribution is -2.57. The van der Waals surface area contributed by atoms with Gasteiger partial charge >= 0.3 is 6.36 Å². The Kier molecular flexibility index (Phi) is 9.86. The molecule has 1 fully saturated rings. The average molecular weight is 481 g/mol. The lowest BCUT2D eigenvalue weighted by atomic mass is 9.76. The van der Waals surface area contributed by atoms with E-state index < -0.39 is 11.9 Å². The van der Waals surface area contributed by atoms with Crippen molar-refractivity contribution >= 4 is 5.91 Å². The van der Waals surface area contributed by atoms with Gasteiger partial charge in [0.2, 0.25) is 5.91 Å². The van der Waals surface area contributed by atoms with Crippen molar-refractivity contribution in [3.05, 3.63) is 42.0 Å². The Balaban J connectivity index is 1.81. The molecule has 1 amide bonds. The SMILES string of the molecule is CCCCCCCC(=O)N[C@@]1(CN2CCCC2)C=CCCCC1c1ccc(OC(F)(F)F)cc1. The van der Waals surface area contributed by atoms with E-state index in [4.69, 9.17) is 0 Å². The number of hydrogen-bond donors (Lipinski definition) is 1. The molecule has 4 nitrogen and oxygen atoms in total. The van der Waals surface area contributed by atoms with Gasteiger partial charge in [0, 0.05) is 18.9 Å². The van der Waals surface area contributed by atoms with Crippen LogP contribution in [0.2, 0.25) is 0 Å². The molecule has 0 aromatic heterocycles. The van der Waals surface area contributed by atoms with Gasteiger partial charge in [0.05, 0.1) is 5.54 Å². The van der Waals surface area contributed by atoms with Crippen molar-refractivity contribution in [2.24, 2.45) is 0 Å². The number of amides is 1. The molecule has 2 atom stereocenters. The zero-order chi connectivity index (χ0) is 24.4. The van der Waals surface area contributed by atoms with Crippen LogP contribution in [0.25, 0.3) is 0 Å². The van der Waals surface area contributed by atoms with Crippen molar-refractivity contribution in [1.29, 1.82) is 0 Å². The number of unbranched alkanes of at least 4 members (excludes halogenated alkanes) is 4. The highest BCUT2D eigenvalue weighted by molar-refractivity contribution is 5.77. The molecule has 3 rings (SSSR count). The summed E-state index contributed by atoms with van der Waals surface area (Å²) in [7, 11) is 0. The first-order valence-electron chi connectivity index (χ1n) is 12.9. The van der Waals surface area contributed by atoms with Gasteiger partial charge in [0.25, 0.3) is 0 Å². The van der Waals surface area contributed by atoms with E-state index in [0.29, 0.717) is 6.42 Å². The fourth-order valence-corrected chi connectivity index (χ4v) is 5.33. The monoisotopic (exact) mass is 480 g/mol. The van der Waals surface area contributed by atoms with Crippen LogP contribution in [0.3, 0.4) is 0 Å². The van der Waals surface area contributed by atoms with E-state index in [2.05, 4.69) is 34.0 Å². The van der Waals surface area contributed by atoms with E-state index in [1.807, 2.05) is 0 Å². The number of carbonyl (C=O) groups excluding carboxylic acids is 1. The molecule has 34 heavy (non-hydrogen) atoms. The maximum Gasteiger partial charge on any atom is 0.573 e. The van der Waals surface area contributed by atoms with E-state index in [-0.39, 0.29) is 17.6 Å². The van der Waals surface area contributed by atoms with Crippen LogP contribution in [0.1, 0.15) is 89.0 Å². The highest BCUT2D eigenvalue weighted by Gasteiger charge is 2.41. The molecule has 190 valence electrons. The predicted octanol–water partition coefficient (Wildman–Crippen LogP) is 6.72. The van der Waals surface area contributed by atoms with Crippen LogP contribution in [-0.2, 0) is 4.79 Å². The average Bonchev–Trinajstić information content (AvgIpc) is 3.20. The van der Waals surface area contributed by atoms with Gasteiger partial charge in [-0.25, -0.2) is 0 Å². The predicted molar refractivity (Wildman–Crippen MR) is 129 cm³/mol. The smallest absolute Gasteiger partial charge is 0.406 e. The molecular weight excluding hydrogens is 441 g/mol. The molecule has 2 aliphatic rings. The van der Waals surface area contributed by atoms with Gasteiger partial charge in [0.1, 0.15) is 5.75 Å². The number of rotatable bonds is 11. The van der Waals surface area contributed by atoms with E-state index in [0.717, 1.165) is 76.6 Å². The number of halogens is 3. The second-order valence-corrected chi connectivity index (χ2v) is 9.74. The van der Waals surface area contributed by atoms with Crippen LogP contribution in [0.5, 0.6) is 5.75 Å². The number of benzene rings is 1. The van der Waals surface area contributed by atoms with Crippen LogP contribution in [0.15, 0.2) is 36.4 Å². The van der Waals surface area contributed by atoms with Crippen LogP contribution in [-0.4, -0.2) is 42.3 Å². The summed E-state index contributed by atoms with van der Waals surface area (Å²) in [5.74, 6) is -0.179. The number of ether oxygens (including phenoxy) is 1. The van der Waals surface area contributed by atoms with Gasteiger partial charge in [0.15, 0.2) is 0 Å². The zero-order valence-corrected chi connectivity index (χ0v) is 20.3. The number of nitrogens with zero attached hydrogens (tertiary/aromatic N) is 1. The fraction of sp³-hybridized carbons (Fsp3) is 0.667. The topological polar surface area (TPSA) is 41.6 Å². The number of allylic oxidation sites excluding steroid dienone is 1. The number of alkyl halides is 3. The van der Waals surface area contributed by atoms with E-state index in [1.54, 1.807) is 12.1 Å². The van der Waals surface area contributed by atoms with E-state index in [9.17, 15) is 18.0 Å². The highest BCUT2D eigenvalue weighted by atomic mass is 19.4. The van der Waals surface area contributed by atoms with Gasteiger partial charge in [-0.05, 0) is 69.3 Å². The van der Waals surface area contributed by atoms with Crippen molar-refractivity contribution < 1.29 is 22.7 Å². The van der Waals surface area contributed by atoms with Crippen molar-refractivity contribution in [2.45, 2.75) is 95.4 Å². The normalized spacial score (nSPS) is 23.6. The third-order valence-corrected chi connectivity index (χ3v) is 6.98. The van der Waals surface area contributed by atoms with Crippen molar-refractivity contribution in [3.63, 3.8) is 0 Å². The van der Waals surface area contributed by atoms with Gasteiger partial charge in [-0.3, -0.25) is 4.79 Å². The fourth-order valence-electron chi connectivity index (χ4n) is 5.33. The molecule has 1 saturated heterocycles. The molecule has 0 spiro atoms. The summed E-state index contributed by atoms with van der Waals surface area (Å²) in [6, 6.07) is 6.21. The Morgan fingerprint density at radius 3 is 2.47 bits per heavy atom. The summed E-state index contributed by atoms with van der Waals surface area (Å²) in [5.41, 5.74) is 0.358. The number of hydrogen-bond acceptors (Lipinski definition) is 3. The second kappa shape index (κ2) is 12.6. The first-order chi connectivity index (χ1) is 16.3. The molecule has 0 saturated carbocycles. The minimum atomic E-state index is -4.71. The first kappa shape index (κ1) is 26.6. The third-order valence-electron chi connectivity index (χ3n) is 6.98. The summed E-state index contributed by atoms with van der Waals surface area (Å²) in [6.45, 7) is 4.91. The summed E-state index contributed by atoms with van der Waals surface area (Å²) in [6.07, 6.45) is 10.6. The molecule has 1 N–H and O–H groups in total. The Morgan fingerprint density at radius 1 is 1.09 bits per heavy atom. The molecule has 1 aromatic carbocycles. The quantitative estimate of drug-likeness (QED) is 0.282. The number of nitrogens with one attached hydrogen (secondary N) is 1. The molecule has 7 heteroatoms. The maximum absolute atomic E-state index is 13.1. The summed E-state index contributed by atoms with van der Waals surface area (Å²) in [5, 5.41) is 3.41. The number of likely N-dealkylation sites (tertiary alicyclic amines) is 1. The molecule has 1 aliphatic heterocycles. The standard InChI is InChI=1S/C27H39F3N2O2/c1-2-3-4-5-8-13-25(33)31-26(21-32-19-10-11-20-32)18-9-6-7-12-24(26)22-14-16-23(17-15-22)34-27(28,29)30/h9,14-18,24H,2-8,10-13,19-21H2,1H3,(H,31,33)/t24?,26-/m1/s1. The van der Waals surface area contributed by atoms with Crippen molar-refractivity contribution in [3.8, 4) is 5.75 Å². The molecule has 1 unspecified atom stereocenters. The summed E-state index contributed by atoms with van der Waals surface area (Å²) < 4.78 is 42.0. The summed E-state index contributed by atoms with van der Waals surface area (Å²) in [4.78, 5) is 15.5. The summed E-state index contributed by atoms with van der Waals surface area (Å²) >= 11 is 0. The lowest BCUT2D eigenvalue weighted by molar-refractivity contribution is -0.274. The molecule has 0 bridgehead atoms. The zero-order valence-electron chi connectivity index (χ0n) is 20.3. The minimum Gasteiger partial charge on any atom is -0.406 e. The lowest BCUT2D eigenvalue weighted by Gasteiger charge is -2.42. The highest BCUT2D eigenvalue weighted by Crippen LogP contribution is 2.39. The van der Waals surface area contributed by atoms with Crippen LogP contribution >= 0.6 is 0 Å². The maximum atomic E-state index is 13.1. The van der Waals surface area contributed by atoms with Crippen LogP contribution < -0.4 is 10.1 Å². The van der Waals surface area contributed by atoms with Gasteiger partial charge in [-0.15, -0.1) is 13.2 Å². The van der Waals surface area contributed by atoms with E-state index in [1.165, 1.54) is 25.0 Å². The Bertz CT molecular complexity index is 788. The Labute approximate surface area is 201 Å². The molecule has 1 heterocycles. The second-order valence-electron chi connectivity index (χ2n) is 9.74. The van der Waals surface area contributed by atoms with E-state index >= 15 is 0 Å². The third kappa shape index (κ3) is 8.03. The molecular formula is C27H39F3N2O2. The van der Waals surface area contributed by atoms with Gasteiger partial charge in [-0.1, -0.05) is 56.9 Å². The first-order valence-corrected chi connectivity index (χ1v) is 12.9. The van der Waals surface area contributed by atoms with Crippen LogP contribution in [0.4, 0.5) is 13.2 Å². The van der Waals surface area contributed by atoms with Gasteiger partial charge < -0.3 is 15.0 Å².